The normalized spacial score (nSPS) is 19.6. The summed E-state index contributed by atoms with van der Waals surface area (Å²) < 4.78 is 33.8. The topological polar surface area (TPSA) is 91.1 Å². The lowest BCUT2D eigenvalue weighted by Crippen LogP contribution is -2.73. The number of hydrogen-bond acceptors (Lipinski definition) is 5. The molecule has 0 fully saturated rings. The number of hydrogen-bond donors (Lipinski definition) is 2. The minimum absolute atomic E-state index is 0.0253. The molecule has 1 amide bonds. The summed E-state index contributed by atoms with van der Waals surface area (Å²) >= 11 is 1.17. The van der Waals surface area contributed by atoms with E-state index in [1.165, 1.54) is 31.0 Å². The molecule has 2 aromatic rings. The van der Waals surface area contributed by atoms with Crippen LogP contribution in [0.1, 0.15) is 30.9 Å². The van der Waals surface area contributed by atoms with E-state index in [0.29, 0.717) is 18.7 Å². The highest BCUT2D eigenvalue weighted by molar-refractivity contribution is 8.15. The van der Waals surface area contributed by atoms with Crippen LogP contribution in [0.3, 0.4) is 0 Å². The summed E-state index contributed by atoms with van der Waals surface area (Å²) in [5, 5.41) is 8.52. The van der Waals surface area contributed by atoms with Gasteiger partial charge >= 0.3 is 0 Å². The van der Waals surface area contributed by atoms with Gasteiger partial charge in [-0.1, -0.05) is 47.2 Å². The number of nitrogens with zero attached hydrogens (tertiary/aromatic N) is 2. The number of ether oxygens (including phenoxy) is 1. The zero-order valence-corrected chi connectivity index (χ0v) is 18.8. The fourth-order valence-electron chi connectivity index (χ4n) is 3.33. The average molecular weight is 464 g/mol. The predicted molar refractivity (Wildman–Crippen MR) is 118 cm³/mol. The van der Waals surface area contributed by atoms with Crippen LogP contribution in [0.25, 0.3) is 0 Å². The Labute approximate surface area is 189 Å². The Morgan fingerprint density at radius 3 is 2.62 bits per heavy atom. The van der Waals surface area contributed by atoms with Crippen LogP contribution in [-0.4, -0.2) is 42.1 Å². The molecule has 3 N–H and O–H groups in total. The maximum atomic E-state index is 14.6. The molecule has 0 bridgehead atoms. The third kappa shape index (κ3) is 4.76. The van der Waals surface area contributed by atoms with Crippen molar-refractivity contribution in [2.24, 2.45) is 10.8 Å². The Kier molecular flexibility index (Phi) is 7.47. The first-order valence-corrected chi connectivity index (χ1v) is 10.7. The molecule has 7 nitrogen and oxygen atoms in total. The fourth-order valence-corrected chi connectivity index (χ4v) is 4.72. The molecule has 1 heterocycles. The van der Waals surface area contributed by atoms with Crippen molar-refractivity contribution in [1.29, 1.82) is 0 Å². The van der Waals surface area contributed by atoms with E-state index in [1.54, 1.807) is 6.92 Å². The van der Waals surface area contributed by atoms with Crippen LogP contribution in [0.4, 0.5) is 8.78 Å². The first-order valence-electron chi connectivity index (χ1n) is 9.88. The van der Waals surface area contributed by atoms with Crippen LogP contribution in [0.5, 0.6) is 0 Å². The number of nitrogens with two attached hydrogens (primary N) is 1. The molecule has 0 spiro atoms. The van der Waals surface area contributed by atoms with Gasteiger partial charge in [0.05, 0.1) is 6.42 Å². The van der Waals surface area contributed by atoms with Crippen molar-refractivity contribution >= 4 is 28.5 Å². The molecular weight excluding hydrogens is 438 g/mol. The lowest BCUT2D eigenvalue weighted by Gasteiger charge is -2.36. The van der Waals surface area contributed by atoms with Gasteiger partial charge in [0.15, 0.2) is 0 Å². The van der Waals surface area contributed by atoms with E-state index < -0.39 is 28.5 Å². The number of amidine groups is 1. The minimum Gasteiger partial charge on any atom is -0.372 e. The third-order valence-electron chi connectivity index (χ3n) is 5.06. The molecule has 1 aliphatic rings. The maximum absolute atomic E-state index is 14.6. The van der Waals surface area contributed by atoms with E-state index in [0.717, 1.165) is 23.8 Å². The zero-order valence-electron chi connectivity index (χ0n) is 18.0. The van der Waals surface area contributed by atoms with Gasteiger partial charge in [-0.15, -0.1) is 0 Å². The van der Waals surface area contributed by atoms with Crippen LogP contribution in [0, 0.1) is 11.6 Å². The highest BCUT2D eigenvalue weighted by atomic mass is 32.2. The summed E-state index contributed by atoms with van der Waals surface area (Å²) in [6.45, 7) is 1.60. The minimum atomic E-state index is -1.07. The Hall–Kier alpha value is -2.98. The van der Waals surface area contributed by atoms with Crippen molar-refractivity contribution in [3.8, 4) is 0 Å². The fraction of sp³-hybridized carbons (Fsp3) is 0.318. The molecule has 170 valence electrons. The highest BCUT2D eigenvalue weighted by Gasteiger charge is 2.50. The van der Waals surface area contributed by atoms with Crippen LogP contribution in [0.15, 0.2) is 53.6 Å². The number of methoxy groups -OCH3 is 1. The van der Waals surface area contributed by atoms with Gasteiger partial charge in [0, 0.05) is 12.7 Å². The summed E-state index contributed by atoms with van der Waals surface area (Å²) in [6, 6.07) is 12.4. The SMILES string of the molecule is CO/[NH+]=C(/N)CCC1(c2ccccc2)SC(c2cc(F)ccc2F)=NN1C(=O)[C@H](C)OC. The molecule has 0 aromatic heterocycles. The molecular formula is C22H25F2N4O3S+. The Balaban J connectivity index is 2.15. The van der Waals surface area contributed by atoms with E-state index in [1.807, 2.05) is 30.3 Å². The van der Waals surface area contributed by atoms with Gasteiger partial charge in [0.25, 0.3) is 11.7 Å². The number of thioether (sulfide) groups is 1. The molecule has 2 aromatic carbocycles. The molecule has 0 aliphatic carbocycles. The van der Waals surface area contributed by atoms with E-state index in [2.05, 4.69) is 10.3 Å². The van der Waals surface area contributed by atoms with Gasteiger partial charge in [-0.05, 0) is 37.1 Å². The molecule has 0 saturated heterocycles. The maximum Gasteiger partial charge on any atom is 0.279 e. The number of amides is 1. The largest absolute Gasteiger partial charge is 0.372 e. The second-order valence-electron chi connectivity index (χ2n) is 7.14. The second kappa shape index (κ2) is 10.1. The van der Waals surface area contributed by atoms with Crippen LogP contribution < -0.4 is 10.9 Å². The van der Waals surface area contributed by atoms with E-state index >= 15 is 0 Å². The number of benzene rings is 2. The second-order valence-corrected chi connectivity index (χ2v) is 8.41. The molecule has 3 rings (SSSR count). The van der Waals surface area contributed by atoms with Gasteiger partial charge < -0.3 is 9.57 Å². The Bertz CT molecular complexity index is 1040. The molecule has 0 radical (unpaired) electrons. The monoisotopic (exact) mass is 463 g/mol. The first kappa shape index (κ1) is 23.7. The van der Waals surface area contributed by atoms with E-state index in [-0.39, 0.29) is 10.6 Å². The Morgan fingerprint density at radius 2 is 1.97 bits per heavy atom. The molecule has 32 heavy (non-hydrogen) atoms. The number of carbonyl (C=O) groups is 1. The molecule has 1 aliphatic heterocycles. The van der Waals surface area contributed by atoms with Gasteiger partial charge in [-0.3, -0.25) is 10.5 Å². The van der Waals surface area contributed by atoms with Gasteiger partial charge in [0.1, 0.15) is 34.8 Å². The predicted octanol–water partition coefficient (Wildman–Crippen LogP) is 1.87. The summed E-state index contributed by atoms with van der Waals surface area (Å²) in [5.74, 6) is -1.32. The van der Waals surface area contributed by atoms with Gasteiger partial charge in [0.2, 0.25) is 0 Å². The smallest absolute Gasteiger partial charge is 0.279 e. The van der Waals surface area contributed by atoms with Crippen molar-refractivity contribution in [3.05, 3.63) is 71.3 Å². The van der Waals surface area contributed by atoms with Crippen molar-refractivity contribution < 1.29 is 28.3 Å². The zero-order chi connectivity index (χ0) is 23.3. The summed E-state index contributed by atoms with van der Waals surface area (Å²) in [7, 11) is 2.86. The highest BCUT2D eigenvalue weighted by Crippen LogP contribution is 2.50. The number of halogens is 2. The van der Waals surface area contributed by atoms with Gasteiger partial charge in [-0.25, -0.2) is 13.8 Å². The van der Waals surface area contributed by atoms with E-state index in [4.69, 9.17) is 15.3 Å². The van der Waals surface area contributed by atoms with Crippen LogP contribution in [-0.2, 0) is 19.2 Å². The number of nitrogens with one attached hydrogen (secondary N) is 1. The van der Waals surface area contributed by atoms with E-state index in [9.17, 15) is 13.6 Å². The van der Waals surface area contributed by atoms with Crippen molar-refractivity contribution in [3.63, 3.8) is 0 Å². The first-order chi connectivity index (χ1) is 15.3. The molecule has 2 atom stereocenters. The summed E-state index contributed by atoms with van der Waals surface area (Å²) in [6.07, 6.45) is -0.178. The van der Waals surface area contributed by atoms with Gasteiger partial charge in [-0.2, -0.15) is 5.10 Å². The van der Waals surface area contributed by atoms with Crippen molar-refractivity contribution in [1.82, 2.24) is 5.01 Å². The van der Waals surface area contributed by atoms with Crippen LogP contribution >= 0.6 is 11.8 Å². The molecule has 0 saturated carbocycles. The Morgan fingerprint density at radius 1 is 1.25 bits per heavy atom. The lowest BCUT2D eigenvalue weighted by molar-refractivity contribution is -0.745. The molecule has 10 heteroatoms. The quantitative estimate of drug-likeness (QED) is 0.354. The summed E-state index contributed by atoms with van der Waals surface area (Å²) in [5.41, 5.74) is 6.72. The summed E-state index contributed by atoms with van der Waals surface area (Å²) in [4.78, 5) is 17.1. The van der Waals surface area contributed by atoms with Crippen LogP contribution in [0.2, 0.25) is 0 Å². The lowest BCUT2D eigenvalue weighted by atomic mass is 9.99. The average Bonchev–Trinajstić information content (AvgIpc) is 3.19. The molecule has 1 unspecified atom stereocenters. The van der Waals surface area contributed by atoms with Crippen molar-refractivity contribution in [2.75, 3.05) is 14.2 Å². The third-order valence-corrected chi connectivity index (χ3v) is 6.50. The number of hydrazone groups is 1. The number of carbonyl (C=O) groups excluding carboxylic acids is 1. The standard InChI is InChI=1S/C22H24F2N4O3S/c1-14(30-2)21(29)28-22(12-11-19(25)27-31-3,15-7-5-4-6-8-15)32-20(26-28)17-13-16(23)9-10-18(17)24/h4-10,13-14H,11-12H2,1-3H3,(H2,25,27)/p+1/t14-,22?/m0/s1. The number of rotatable bonds is 8. The van der Waals surface area contributed by atoms with Crippen molar-refractivity contribution in [2.45, 2.75) is 30.7 Å².